The molecule has 0 aromatic heterocycles. The molecular formula is C36H70Al2O6+4. The molecule has 0 saturated heterocycles. The second-order valence-corrected chi connectivity index (χ2v) is 12.5. The zero-order chi connectivity index (χ0) is 31.5. The Labute approximate surface area is 294 Å². The van der Waals surface area contributed by atoms with Gasteiger partial charge in [0.1, 0.15) is 0 Å². The van der Waals surface area contributed by atoms with Gasteiger partial charge in [-0.05, 0) is 32.1 Å². The van der Waals surface area contributed by atoms with E-state index in [0.717, 1.165) is 57.8 Å². The van der Waals surface area contributed by atoms with E-state index in [9.17, 15) is 24.9 Å². The Kier molecular flexibility index (Phi) is 49.5. The number of carbonyl (C=O) groups is 2. The standard InChI is InChI=1S/2C18H36O3.2Al/c1-2-3-4-11-14-17(19)15-12-9-7-5-6-8-10-13-16-18(20)21;1-2-3-4-5-6-7-8-9-10-11-12-13-14-15-16-17(19)18(20)21;;/h2*17,19H,2-16H2,1H3,(H,20,21);;/q;;2*+3/p-2. The summed E-state index contributed by atoms with van der Waals surface area (Å²) in [7, 11) is 0. The van der Waals surface area contributed by atoms with E-state index < -0.39 is 18.0 Å². The molecule has 0 aromatic carbocycles. The summed E-state index contributed by atoms with van der Waals surface area (Å²) in [6.45, 7) is 4.46. The molecule has 0 spiro atoms. The van der Waals surface area contributed by atoms with E-state index in [1.54, 1.807) is 0 Å². The van der Waals surface area contributed by atoms with Crippen molar-refractivity contribution < 1.29 is 30.0 Å². The minimum atomic E-state index is -1.34. The smallest absolute Gasteiger partial charge is 0.550 e. The molecule has 44 heavy (non-hydrogen) atoms. The van der Waals surface area contributed by atoms with Crippen molar-refractivity contribution in [2.75, 3.05) is 0 Å². The second-order valence-electron chi connectivity index (χ2n) is 12.5. The maximum absolute atomic E-state index is 10.3. The Hall–Kier alpha value is -0.0751. The number of aliphatic carboxylic acids is 2. The number of carboxylic acids is 2. The van der Waals surface area contributed by atoms with Crippen molar-refractivity contribution >= 4 is 46.7 Å². The molecule has 6 nitrogen and oxygen atoms in total. The molecule has 0 radical (unpaired) electrons. The number of aliphatic hydroxyl groups is 2. The third kappa shape index (κ3) is 46.3. The largest absolute Gasteiger partial charge is 3.00 e. The summed E-state index contributed by atoms with van der Waals surface area (Å²) in [6.07, 6.45) is 32.8. The van der Waals surface area contributed by atoms with E-state index in [0.29, 0.717) is 6.42 Å². The fourth-order valence-electron chi connectivity index (χ4n) is 5.31. The Morgan fingerprint density at radius 3 is 1.05 bits per heavy atom. The van der Waals surface area contributed by atoms with Crippen molar-refractivity contribution in [1.29, 1.82) is 0 Å². The summed E-state index contributed by atoms with van der Waals surface area (Å²) in [5.41, 5.74) is 0. The van der Waals surface area contributed by atoms with Gasteiger partial charge in [0.15, 0.2) is 0 Å². The van der Waals surface area contributed by atoms with Crippen molar-refractivity contribution in [3.05, 3.63) is 0 Å². The van der Waals surface area contributed by atoms with E-state index in [4.69, 9.17) is 5.11 Å². The van der Waals surface area contributed by atoms with Gasteiger partial charge in [-0.15, -0.1) is 0 Å². The molecule has 2 N–H and O–H groups in total. The van der Waals surface area contributed by atoms with Gasteiger partial charge in [0.2, 0.25) is 0 Å². The van der Waals surface area contributed by atoms with Gasteiger partial charge in [-0.2, -0.15) is 0 Å². The SMILES string of the molecule is CCCCCCC(O)CCCCCCCCCCC(=O)[O-].CCCCCCCCCCCCCCCCC(O)C(=O)[O-].[Al+3].[Al+3]. The van der Waals surface area contributed by atoms with Crippen LogP contribution >= 0.6 is 0 Å². The summed E-state index contributed by atoms with van der Waals surface area (Å²) in [6, 6.07) is 0. The van der Waals surface area contributed by atoms with Gasteiger partial charge in [0.05, 0.1) is 18.2 Å². The fourth-order valence-corrected chi connectivity index (χ4v) is 5.31. The van der Waals surface area contributed by atoms with Gasteiger partial charge in [0.25, 0.3) is 0 Å². The average molecular weight is 653 g/mol. The van der Waals surface area contributed by atoms with Crippen LogP contribution in [0.2, 0.25) is 0 Å². The maximum Gasteiger partial charge on any atom is 3.00 e. The first kappa shape index (κ1) is 50.8. The Morgan fingerprint density at radius 2 is 0.727 bits per heavy atom. The number of carbonyl (C=O) groups excluding carboxylic acids is 2. The normalized spacial score (nSPS) is 11.9. The molecule has 0 heterocycles. The third-order valence-corrected chi connectivity index (χ3v) is 8.16. The first-order valence-electron chi connectivity index (χ1n) is 18.1. The molecule has 0 saturated carbocycles. The van der Waals surface area contributed by atoms with Gasteiger partial charge < -0.3 is 30.0 Å². The third-order valence-electron chi connectivity index (χ3n) is 8.16. The van der Waals surface area contributed by atoms with Crippen molar-refractivity contribution in [1.82, 2.24) is 0 Å². The quantitative estimate of drug-likeness (QED) is 0.0587. The van der Waals surface area contributed by atoms with Crippen LogP contribution in [-0.2, 0) is 9.59 Å². The molecular weight excluding hydrogens is 582 g/mol. The first-order valence-corrected chi connectivity index (χ1v) is 18.1. The zero-order valence-electron chi connectivity index (χ0n) is 29.1. The van der Waals surface area contributed by atoms with Crippen LogP contribution in [0.3, 0.4) is 0 Å². The van der Waals surface area contributed by atoms with Crippen LogP contribution in [0.5, 0.6) is 0 Å². The minimum absolute atomic E-state index is 0. The molecule has 2 atom stereocenters. The first-order chi connectivity index (χ1) is 20.3. The van der Waals surface area contributed by atoms with Crippen molar-refractivity contribution in [2.45, 2.75) is 219 Å². The van der Waals surface area contributed by atoms with Gasteiger partial charge >= 0.3 is 34.7 Å². The molecule has 2 unspecified atom stereocenters. The second kappa shape index (κ2) is 42.9. The van der Waals surface area contributed by atoms with Crippen LogP contribution < -0.4 is 10.2 Å². The van der Waals surface area contributed by atoms with Crippen LogP contribution in [0.1, 0.15) is 206 Å². The Morgan fingerprint density at radius 1 is 0.455 bits per heavy atom. The molecule has 8 heteroatoms. The van der Waals surface area contributed by atoms with E-state index in [1.165, 1.54) is 122 Å². The summed E-state index contributed by atoms with van der Waals surface area (Å²) in [5, 5.41) is 39.4. The molecule has 0 rings (SSSR count). The topological polar surface area (TPSA) is 121 Å². The number of rotatable bonds is 32. The summed E-state index contributed by atoms with van der Waals surface area (Å²) in [4.78, 5) is 20.5. The summed E-state index contributed by atoms with van der Waals surface area (Å²) < 4.78 is 0. The van der Waals surface area contributed by atoms with Crippen LogP contribution in [0.25, 0.3) is 0 Å². The van der Waals surface area contributed by atoms with Gasteiger partial charge in [-0.1, -0.05) is 174 Å². The van der Waals surface area contributed by atoms with E-state index >= 15 is 0 Å². The molecule has 0 amide bonds. The molecule has 0 aliphatic carbocycles. The Balaban J connectivity index is -0.000000348. The van der Waals surface area contributed by atoms with Gasteiger partial charge in [-0.3, -0.25) is 0 Å². The predicted molar refractivity (Wildman–Crippen MR) is 183 cm³/mol. The van der Waals surface area contributed by atoms with Crippen LogP contribution in [0, 0.1) is 0 Å². The van der Waals surface area contributed by atoms with Crippen LogP contribution in [0.4, 0.5) is 0 Å². The fraction of sp³-hybridized carbons (Fsp3) is 0.944. The monoisotopic (exact) mass is 652 g/mol. The predicted octanol–water partition coefficient (Wildman–Crippen LogP) is 7.18. The van der Waals surface area contributed by atoms with E-state index in [-0.39, 0.29) is 47.2 Å². The minimum Gasteiger partial charge on any atom is -0.550 e. The van der Waals surface area contributed by atoms with E-state index in [1.807, 2.05) is 0 Å². The molecule has 0 aromatic rings. The molecule has 0 aliphatic heterocycles. The number of carboxylic acid groups (broad SMARTS) is 2. The Bertz CT molecular complexity index is 565. The maximum atomic E-state index is 10.3. The summed E-state index contributed by atoms with van der Waals surface area (Å²) >= 11 is 0. The number of aliphatic hydroxyl groups excluding tert-OH is 2. The number of unbranched alkanes of at least 4 members (excludes halogenated alkanes) is 23. The van der Waals surface area contributed by atoms with Gasteiger partial charge in [0, 0.05) is 5.97 Å². The van der Waals surface area contributed by atoms with Crippen molar-refractivity contribution in [2.24, 2.45) is 0 Å². The van der Waals surface area contributed by atoms with Crippen molar-refractivity contribution in [3.63, 3.8) is 0 Å². The van der Waals surface area contributed by atoms with Crippen LogP contribution in [0.15, 0.2) is 0 Å². The number of hydrogen-bond donors (Lipinski definition) is 2. The van der Waals surface area contributed by atoms with Crippen molar-refractivity contribution in [3.8, 4) is 0 Å². The molecule has 0 aliphatic rings. The molecule has 0 bridgehead atoms. The van der Waals surface area contributed by atoms with Crippen LogP contribution in [-0.4, -0.2) is 69.1 Å². The summed E-state index contributed by atoms with van der Waals surface area (Å²) in [5.74, 6) is -2.27. The molecule has 0 fully saturated rings. The molecule has 252 valence electrons. The average Bonchev–Trinajstić information content (AvgIpc) is 2.96. The van der Waals surface area contributed by atoms with E-state index in [2.05, 4.69) is 13.8 Å². The number of hydrogen-bond acceptors (Lipinski definition) is 6. The van der Waals surface area contributed by atoms with Gasteiger partial charge in [-0.25, -0.2) is 0 Å². The zero-order valence-corrected chi connectivity index (χ0v) is 31.4.